The number of amides is 1. The molecule has 1 heterocycles. The highest BCUT2D eigenvalue weighted by molar-refractivity contribution is 7.80. The number of rotatable bonds is 4. The largest absolute Gasteiger partial charge is 0.358 e. The summed E-state index contributed by atoms with van der Waals surface area (Å²) in [6.45, 7) is 9.79. The van der Waals surface area contributed by atoms with Gasteiger partial charge in [-0.25, -0.2) is 4.68 Å². The van der Waals surface area contributed by atoms with E-state index in [1.807, 2.05) is 20.8 Å². The highest BCUT2D eigenvalue weighted by atomic mass is 32.1. The van der Waals surface area contributed by atoms with Gasteiger partial charge in [-0.15, -0.1) is 0 Å². The predicted molar refractivity (Wildman–Crippen MR) is 102 cm³/mol. The first-order chi connectivity index (χ1) is 11.8. The zero-order valence-corrected chi connectivity index (χ0v) is 15.2. The molecule has 1 aromatic heterocycles. The molecule has 0 unspecified atom stereocenters. The Balaban J connectivity index is 2.29. The first kappa shape index (κ1) is 18.6. The Morgan fingerprint density at radius 3 is 2.52 bits per heavy atom. The van der Waals surface area contributed by atoms with Crippen LogP contribution in [0.15, 0.2) is 41.2 Å². The molecule has 0 saturated heterocycles. The van der Waals surface area contributed by atoms with Crippen LogP contribution in [0.25, 0.3) is 10.8 Å². The molecule has 132 valence electrons. The second-order valence-electron chi connectivity index (χ2n) is 5.96. The Kier molecular flexibility index (Phi) is 5.87. The first-order valence-corrected chi connectivity index (χ1v) is 8.22. The zero-order valence-electron chi connectivity index (χ0n) is 14.4. The van der Waals surface area contributed by atoms with Gasteiger partial charge in [-0.1, -0.05) is 30.4 Å². The Morgan fingerprint density at radius 2 is 1.92 bits per heavy atom. The van der Waals surface area contributed by atoms with Crippen molar-refractivity contribution in [1.82, 2.24) is 25.9 Å². The Labute approximate surface area is 151 Å². The van der Waals surface area contributed by atoms with E-state index in [0.717, 1.165) is 5.57 Å². The minimum absolute atomic E-state index is 0.152. The smallest absolute Gasteiger partial charge is 0.290 e. The number of thiocarbonyl (C=S) groups is 1. The minimum atomic E-state index is -0.481. The number of hydrogen-bond acceptors (Lipinski definition) is 4. The lowest BCUT2D eigenvalue weighted by molar-refractivity contribution is 0.0938. The Morgan fingerprint density at radius 1 is 1.28 bits per heavy atom. The van der Waals surface area contributed by atoms with Gasteiger partial charge in [0.15, 0.2) is 10.8 Å². The highest BCUT2D eigenvalue weighted by Gasteiger charge is 2.17. The van der Waals surface area contributed by atoms with Gasteiger partial charge in [0.2, 0.25) is 0 Å². The van der Waals surface area contributed by atoms with Crippen LogP contribution in [-0.4, -0.2) is 27.3 Å². The van der Waals surface area contributed by atoms with Gasteiger partial charge >= 0.3 is 0 Å². The first-order valence-electron chi connectivity index (χ1n) is 7.81. The van der Waals surface area contributed by atoms with E-state index in [9.17, 15) is 9.59 Å². The number of carbonyl (C=O) groups excluding carboxylic acids is 1. The van der Waals surface area contributed by atoms with Crippen LogP contribution in [0.2, 0.25) is 0 Å². The molecule has 2 aromatic rings. The number of fused-ring (bicyclic) bond motifs is 1. The van der Waals surface area contributed by atoms with Gasteiger partial charge in [0.05, 0.1) is 11.4 Å². The van der Waals surface area contributed by atoms with Crippen molar-refractivity contribution in [1.29, 1.82) is 0 Å². The van der Waals surface area contributed by atoms with Gasteiger partial charge in [-0.05, 0) is 39.1 Å². The van der Waals surface area contributed by atoms with Crippen molar-refractivity contribution in [2.75, 3.05) is 6.54 Å². The van der Waals surface area contributed by atoms with Crippen molar-refractivity contribution in [2.24, 2.45) is 0 Å². The van der Waals surface area contributed by atoms with E-state index < -0.39 is 5.91 Å². The third-order valence-corrected chi connectivity index (χ3v) is 3.62. The van der Waals surface area contributed by atoms with Gasteiger partial charge in [0.1, 0.15) is 0 Å². The predicted octanol–water partition coefficient (Wildman–Crippen LogP) is 1.66. The fourth-order valence-corrected chi connectivity index (χ4v) is 2.30. The maximum absolute atomic E-state index is 12.5. The molecule has 1 amide bonds. The minimum Gasteiger partial charge on any atom is -0.358 e. The van der Waals surface area contributed by atoms with Gasteiger partial charge in [-0.3, -0.25) is 20.4 Å². The molecule has 0 saturated carbocycles. The summed E-state index contributed by atoms with van der Waals surface area (Å²) >= 11 is 5.07. The maximum Gasteiger partial charge on any atom is 0.290 e. The van der Waals surface area contributed by atoms with E-state index in [1.54, 1.807) is 24.3 Å². The molecule has 25 heavy (non-hydrogen) atoms. The molecule has 0 bridgehead atoms. The second-order valence-corrected chi connectivity index (χ2v) is 6.36. The summed E-state index contributed by atoms with van der Waals surface area (Å²) in [7, 11) is 0. The van der Waals surface area contributed by atoms with Crippen molar-refractivity contribution in [3.63, 3.8) is 0 Å². The van der Waals surface area contributed by atoms with Crippen LogP contribution in [0, 0.1) is 0 Å². The fraction of sp³-hybridized carbons (Fsp3) is 0.294. The standard InChI is InChI=1S/C17H21N5O2S/c1-10(2)9-18-17(25)20-19-15(23)14-12-7-5-6-8-13(12)16(24)22(21-14)11(3)4/h5-8,11H,1,9H2,2-4H3,(H,19,23)(H2,18,20,25). The average molecular weight is 359 g/mol. The lowest BCUT2D eigenvalue weighted by Gasteiger charge is -2.14. The Hall–Kier alpha value is -2.74. The van der Waals surface area contributed by atoms with Crippen LogP contribution in [-0.2, 0) is 0 Å². The van der Waals surface area contributed by atoms with Crippen LogP contribution >= 0.6 is 12.2 Å². The van der Waals surface area contributed by atoms with E-state index in [4.69, 9.17) is 12.2 Å². The SMILES string of the molecule is C=C(C)CNC(=S)NNC(=O)c1nn(C(C)C)c(=O)c2ccccc12. The van der Waals surface area contributed by atoms with Gasteiger partial charge in [0, 0.05) is 11.9 Å². The van der Waals surface area contributed by atoms with Crippen LogP contribution in [0.1, 0.15) is 37.3 Å². The topological polar surface area (TPSA) is 88.0 Å². The number of nitrogens with one attached hydrogen (secondary N) is 3. The van der Waals surface area contributed by atoms with Crippen LogP contribution in [0.3, 0.4) is 0 Å². The highest BCUT2D eigenvalue weighted by Crippen LogP contribution is 2.14. The van der Waals surface area contributed by atoms with Crippen molar-refractivity contribution in [3.8, 4) is 0 Å². The molecular weight excluding hydrogens is 338 g/mol. The summed E-state index contributed by atoms with van der Waals surface area (Å²) in [6, 6.07) is 6.72. The molecule has 0 spiro atoms. The molecule has 2 rings (SSSR count). The third kappa shape index (κ3) is 4.42. The zero-order chi connectivity index (χ0) is 18.6. The molecule has 0 aliphatic carbocycles. The number of carbonyl (C=O) groups is 1. The van der Waals surface area contributed by atoms with E-state index in [1.165, 1.54) is 4.68 Å². The summed E-state index contributed by atoms with van der Waals surface area (Å²) in [4.78, 5) is 25.0. The van der Waals surface area contributed by atoms with E-state index in [0.29, 0.717) is 17.3 Å². The molecule has 0 atom stereocenters. The van der Waals surface area contributed by atoms with Crippen molar-refractivity contribution >= 4 is 34.0 Å². The lowest BCUT2D eigenvalue weighted by atomic mass is 10.1. The average Bonchev–Trinajstić information content (AvgIpc) is 2.58. The summed E-state index contributed by atoms with van der Waals surface area (Å²) in [5.74, 6) is -0.481. The molecule has 3 N–H and O–H groups in total. The van der Waals surface area contributed by atoms with Gasteiger partial charge in [0.25, 0.3) is 11.5 Å². The van der Waals surface area contributed by atoms with E-state index >= 15 is 0 Å². The molecule has 0 aliphatic heterocycles. The van der Waals surface area contributed by atoms with Crippen molar-refractivity contribution < 1.29 is 4.79 Å². The summed E-state index contributed by atoms with van der Waals surface area (Å²) in [5, 5.41) is 8.32. The molecule has 0 aliphatic rings. The molecule has 0 fully saturated rings. The molecule has 8 heteroatoms. The molecule has 0 radical (unpaired) electrons. The van der Waals surface area contributed by atoms with E-state index in [-0.39, 0.29) is 22.4 Å². The third-order valence-electron chi connectivity index (χ3n) is 3.37. The normalized spacial score (nSPS) is 10.6. The summed E-state index contributed by atoms with van der Waals surface area (Å²) in [5.41, 5.74) is 5.95. The van der Waals surface area contributed by atoms with Gasteiger partial charge in [-0.2, -0.15) is 5.10 Å². The van der Waals surface area contributed by atoms with Crippen LogP contribution in [0.4, 0.5) is 0 Å². The van der Waals surface area contributed by atoms with Crippen LogP contribution in [0.5, 0.6) is 0 Å². The fourth-order valence-electron chi connectivity index (χ4n) is 2.17. The van der Waals surface area contributed by atoms with Crippen LogP contribution < -0.4 is 21.7 Å². The van der Waals surface area contributed by atoms with E-state index in [2.05, 4.69) is 27.8 Å². The number of hydrazine groups is 1. The number of aromatic nitrogens is 2. The lowest BCUT2D eigenvalue weighted by Crippen LogP contribution is -2.47. The quantitative estimate of drug-likeness (QED) is 0.437. The summed E-state index contributed by atoms with van der Waals surface area (Å²) in [6.07, 6.45) is 0. The number of hydrogen-bond donors (Lipinski definition) is 3. The van der Waals surface area contributed by atoms with Gasteiger partial charge < -0.3 is 5.32 Å². The Bertz CT molecular complexity index is 888. The number of nitrogens with zero attached hydrogens (tertiary/aromatic N) is 2. The maximum atomic E-state index is 12.5. The number of benzene rings is 1. The second kappa shape index (κ2) is 7.89. The molecule has 7 nitrogen and oxygen atoms in total. The molecular formula is C17H21N5O2S. The van der Waals surface area contributed by atoms with Crippen molar-refractivity contribution in [3.05, 3.63) is 52.5 Å². The molecule has 1 aromatic carbocycles. The monoisotopic (exact) mass is 359 g/mol. The summed E-state index contributed by atoms with van der Waals surface area (Å²) < 4.78 is 1.30. The van der Waals surface area contributed by atoms with Crippen molar-refractivity contribution in [2.45, 2.75) is 26.8 Å².